The molecule has 0 unspecified atom stereocenters. The molecule has 88 valence electrons. The van der Waals surface area contributed by atoms with Gasteiger partial charge >= 0.3 is 5.97 Å². The van der Waals surface area contributed by atoms with Gasteiger partial charge in [0.05, 0.1) is 20.6 Å². The molecule has 0 aliphatic rings. The molecule has 0 atom stereocenters. The summed E-state index contributed by atoms with van der Waals surface area (Å²) in [6.07, 6.45) is 0.243. The van der Waals surface area contributed by atoms with Gasteiger partial charge < -0.3 is 9.47 Å². The molecule has 0 heterocycles. The molecular weight excluding hydrogens is 340 g/mol. The molecule has 0 fully saturated rings. The predicted molar refractivity (Wildman–Crippen MR) is 69.0 cm³/mol. The summed E-state index contributed by atoms with van der Waals surface area (Å²) in [5.74, 6) is 0.456. The van der Waals surface area contributed by atoms with Crippen molar-refractivity contribution in [2.45, 2.75) is 11.8 Å². The van der Waals surface area contributed by atoms with Crippen molar-refractivity contribution in [1.29, 1.82) is 0 Å². The van der Waals surface area contributed by atoms with Crippen LogP contribution in [-0.2, 0) is 21.3 Å². The third-order valence-corrected chi connectivity index (χ3v) is 3.46. The van der Waals surface area contributed by atoms with Crippen LogP contribution in [0.5, 0.6) is 5.75 Å². The SMILES string of the molecule is COC(=O)Cc1cc(OC)cc(Br)c1CBr. The number of esters is 1. The van der Waals surface area contributed by atoms with Gasteiger partial charge in [0, 0.05) is 9.80 Å². The van der Waals surface area contributed by atoms with Crippen LogP contribution in [0, 0.1) is 0 Å². The third kappa shape index (κ3) is 3.22. The molecule has 0 aliphatic carbocycles. The first-order valence-electron chi connectivity index (χ1n) is 4.60. The van der Waals surface area contributed by atoms with Crippen LogP contribution in [0.2, 0.25) is 0 Å². The summed E-state index contributed by atoms with van der Waals surface area (Å²) in [7, 11) is 2.98. The van der Waals surface area contributed by atoms with E-state index < -0.39 is 0 Å². The van der Waals surface area contributed by atoms with Crippen LogP contribution in [0.15, 0.2) is 16.6 Å². The zero-order chi connectivity index (χ0) is 12.1. The van der Waals surface area contributed by atoms with Gasteiger partial charge in [-0.15, -0.1) is 0 Å². The van der Waals surface area contributed by atoms with Crippen molar-refractivity contribution in [1.82, 2.24) is 0 Å². The van der Waals surface area contributed by atoms with Crippen LogP contribution in [0.4, 0.5) is 0 Å². The highest BCUT2D eigenvalue weighted by molar-refractivity contribution is 9.10. The zero-order valence-corrected chi connectivity index (χ0v) is 12.2. The lowest BCUT2D eigenvalue weighted by molar-refractivity contribution is -0.139. The van der Waals surface area contributed by atoms with Crippen molar-refractivity contribution >= 4 is 37.8 Å². The first-order chi connectivity index (χ1) is 7.62. The summed E-state index contributed by atoms with van der Waals surface area (Å²) in [6.45, 7) is 0. The van der Waals surface area contributed by atoms with E-state index in [-0.39, 0.29) is 12.4 Å². The molecule has 0 saturated carbocycles. The van der Waals surface area contributed by atoms with E-state index in [1.807, 2.05) is 12.1 Å². The molecule has 0 spiro atoms. The number of ether oxygens (including phenoxy) is 2. The predicted octanol–water partition coefficient (Wildman–Crippen LogP) is 3.07. The topological polar surface area (TPSA) is 35.5 Å². The van der Waals surface area contributed by atoms with E-state index in [4.69, 9.17) is 4.74 Å². The summed E-state index contributed by atoms with van der Waals surface area (Å²) >= 11 is 6.84. The Balaban J connectivity index is 3.12. The molecule has 0 aromatic heterocycles. The molecule has 0 amide bonds. The Morgan fingerprint density at radius 1 is 1.38 bits per heavy atom. The Labute approximate surface area is 111 Å². The van der Waals surface area contributed by atoms with Crippen LogP contribution < -0.4 is 4.74 Å². The molecule has 1 aromatic carbocycles. The van der Waals surface area contributed by atoms with Crippen molar-refractivity contribution in [3.05, 3.63) is 27.7 Å². The van der Waals surface area contributed by atoms with Gasteiger partial charge in [-0.25, -0.2) is 0 Å². The number of carbonyl (C=O) groups excluding carboxylic acids is 1. The van der Waals surface area contributed by atoms with Crippen molar-refractivity contribution in [2.24, 2.45) is 0 Å². The maximum Gasteiger partial charge on any atom is 0.309 e. The molecule has 0 bridgehead atoms. The van der Waals surface area contributed by atoms with Crippen molar-refractivity contribution in [3.8, 4) is 5.75 Å². The minimum absolute atomic E-state index is 0.243. The average Bonchev–Trinajstić information content (AvgIpc) is 2.28. The fourth-order valence-corrected chi connectivity index (χ4v) is 2.98. The van der Waals surface area contributed by atoms with E-state index in [1.165, 1.54) is 7.11 Å². The second kappa shape index (κ2) is 6.25. The van der Waals surface area contributed by atoms with Gasteiger partial charge in [0.15, 0.2) is 0 Å². The third-order valence-electron chi connectivity index (χ3n) is 2.19. The van der Waals surface area contributed by atoms with Gasteiger partial charge in [-0.05, 0) is 23.3 Å². The number of halogens is 2. The molecule has 0 radical (unpaired) electrons. The van der Waals surface area contributed by atoms with Crippen LogP contribution in [-0.4, -0.2) is 20.2 Å². The van der Waals surface area contributed by atoms with Crippen LogP contribution >= 0.6 is 31.9 Å². The first kappa shape index (κ1) is 13.5. The minimum Gasteiger partial charge on any atom is -0.497 e. The van der Waals surface area contributed by atoms with Crippen molar-refractivity contribution < 1.29 is 14.3 Å². The van der Waals surface area contributed by atoms with Gasteiger partial charge in [-0.1, -0.05) is 31.9 Å². The quantitative estimate of drug-likeness (QED) is 0.617. The molecular formula is C11H12Br2O3. The fourth-order valence-electron chi connectivity index (χ4n) is 1.32. The molecule has 16 heavy (non-hydrogen) atoms. The lowest BCUT2D eigenvalue weighted by Crippen LogP contribution is -2.07. The smallest absolute Gasteiger partial charge is 0.309 e. The molecule has 0 saturated heterocycles. The highest BCUT2D eigenvalue weighted by atomic mass is 79.9. The highest BCUT2D eigenvalue weighted by Gasteiger charge is 2.12. The number of carbonyl (C=O) groups is 1. The summed E-state index contributed by atoms with van der Waals surface area (Å²) < 4.78 is 10.7. The zero-order valence-electron chi connectivity index (χ0n) is 9.05. The number of methoxy groups -OCH3 is 2. The highest BCUT2D eigenvalue weighted by Crippen LogP contribution is 2.29. The van der Waals surface area contributed by atoms with E-state index in [0.717, 1.165) is 21.3 Å². The van der Waals surface area contributed by atoms with E-state index >= 15 is 0 Å². The van der Waals surface area contributed by atoms with Crippen LogP contribution in [0.25, 0.3) is 0 Å². The first-order valence-corrected chi connectivity index (χ1v) is 6.51. The van der Waals surface area contributed by atoms with Crippen molar-refractivity contribution in [2.75, 3.05) is 14.2 Å². The van der Waals surface area contributed by atoms with Gasteiger partial charge in [0.1, 0.15) is 5.75 Å². The maximum absolute atomic E-state index is 11.3. The molecule has 1 aromatic rings. The lowest BCUT2D eigenvalue weighted by Gasteiger charge is -2.11. The average molecular weight is 352 g/mol. The second-order valence-corrected chi connectivity index (χ2v) is 4.55. The Bertz CT molecular complexity index is 391. The Hall–Kier alpha value is -0.550. The van der Waals surface area contributed by atoms with E-state index in [2.05, 4.69) is 36.6 Å². The van der Waals surface area contributed by atoms with Crippen LogP contribution in [0.1, 0.15) is 11.1 Å². The molecule has 5 heteroatoms. The Morgan fingerprint density at radius 2 is 2.06 bits per heavy atom. The van der Waals surface area contributed by atoms with Crippen molar-refractivity contribution in [3.63, 3.8) is 0 Å². The van der Waals surface area contributed by atoms with E-state index in [9.17, 15) is 4.79 Å². The number of hydrogen-bond donors (Lipinski definition) is 0. The fraction of sp³-hybridized carbons (Fsp3) is 0.364. The molecule has 3 nitrogen and oxygen atoms in total. The molecule has 0 aliphatic heterocycles. The summed E-state index contributed by atoms with van der Waals surface area (Å²) in [5.41, 5.74) is 1.93. The van der Waals surface area contributed by atoms with E-state index in [1.54, 1.807) is 7.11 Å². The van der Waals surface area contributed by atoms with E-state index in [0.29, 0.717) is 5.33 Å². The van der Waals surface area contributed by atoms with Gasteiger partial charge in [0.2, 0.25) is 0 Å². The lowest BCUT2D eigenvalue weighted by atomic mass is 10.1. The molecule has 1 rings (SSSR count). The number of alkyl halides is 1. The largest absolute Gasteiger partial charge is 0.497 e. The normalized spacial score (nSPS) is 10.0. The number of benzene rings is 1. The second-order valence-electron chi connectivity index (χ2n) is 3.13. The number of hydrogen-bond acceptors (Lipinski definition) is 3. The number of rotatable bonds is 4. The van der Waals surface area contributed by atoms with Gasteiger partial charge in [-0.3, -0.25) is 4.79 Å². The Kier molecular flexibility index (Phi) is 5.28. The minimum atomic E-state index is -0.262. The standard InChI is InChI=1S/C11H12Br2O3/c1-15-8-3-7(4-11(14)16-2)9(6-12)10(13)5-8/h3,5H,4,6H2,1-2H3. The summed E-state index contributed by atoms with van der Waals surface area (Å²) in [6, 6.07) is 3.72. The van der Waals surface area contributed by atoms with Gasteiger partial charge in [0.25, 0.3) is 0 Å². The Morgan fingerprint density at radius 3 is 2.56 bits per heavy atom. The maximum atomic E-state index is 11.3. The monoisotopic (exact) mass is 350 g/mol. The van der Waals surface area contributed by atoms with Crippen LogP contribution in [0.3, 0.4) is 0 Å². The molecule has 0 N–H and O–H groups in total. The van der Waals surface area contributed by atoms with Gasteiger partial charge in [-0.2, -0.15) is 0 Å². The summed E-state index contributed by atoms with van der Waals surface area (Å²) in [5, 5.41) is 0.671. The summed E-state index contributed by atoms with van der Waals surface area (Å²) in [4.78, 5) is 11.3.